The quantitative estimate of drug-likeness (QED) is 0.163. The molecule has 0 saturated heterocycles. The Bertz CT molecular complexity index is 1100. The highest BCUT2D eigenvalue weighted by molar-refractivity contribution is 7.80. The summed E-state index contributed by atoms with van der Waals surface area (Å²) in [6.45, 7) is -2.16. The van der Waals surface area contributed by atoms with E-state index in [0.717, 1.165) is 38.5 Å². The van der Waals surface area contributed by atoms with Gasteiger partial charge in [0.05, 0.1) is 17.3 Å². The lowest BCUT2D eigenvalue weighted by atomic mass is 9.99. The van der Waals surface area contributed by atoms with Gasteiger partial charge >= 0.3 is 11.9 Å². The molecule has 38 heavy (non-hydrogen) atoms. The summed E-state index contributed by atoms with van der Waals surface area (Å²) in [6, 6.07) is 5.95. The molecule has 206 valence electrons. The van der Waals surface area contributed by atoms with Crippen molar-refractivity contribution in [1.29, 1.82) is 0 Å². The third kappa shape index (κ3) is 4.87. The predicted octanol–water partition coefficient (Wildman–Crippen LogP) is 7.22. The summed E-state index contributed by atoms with van der Waals surface area (Å²) in [6.07, 6.45) is 17.5. The molecule has 4 aliphatic rings. The van der Waals surface area contributed by atoms with Gasteiger partial charge in [-0.3, -0.25) is 10.1 Å². The number of esters is 2. The molecule has 1 heterocycles. The summed E-state index contributed by atoms with van der Waals surface area (Å²) in [5, 5.41) is 11.9. The number of nitro groups is 1. The van der Waals surface area contributed by atoms with Crippen molar-refractivity contribution >= 4 is 35.6 Å². The number of rotatable bonds is 6. The van der Waals surface area contributed by atoms with Gasteiger partial charge in [0.25, 0.3) is 5.69 Å². The first-order valence-electron chi connectivity index (χ1n) is 14.5. The summed E-state index contributed by atoms with van der Waals surface area (Å²) >= 11 is 0. The van der Waals surface area contributed by atoms with Gasteiger partial charge in [-0.05, 0) is 67.6 Å². The van der Waals surface area contributed by atoms with Gasteiger partial charge < -0.3 is 9.47 Å². The zero-order valence-electron chi connectivity index (χ0n) is 22.5. The number of hydrogen-bond acceptors (Lipinski definition) is 6. The molecular formula is C30H40NO6P. The third-order valence-electron chi connectivity index (χ3n) is 9.51. The fourth-order valence-electron chi connectivity index (χ4n) is 7.95. The molecule has 0 radical (unpaired) electrons. The zero-order valence-corrected chi connectivity index (χ0v) is 23.4. The third-order valence-corrected chi connectivity index (χ3v) is 15.9. The number of cyclic esters (lactones) is 1. The molecule has 0 aromatic heterocycles. The molecule has 0 unspecified atom stereocenters. The number of benzene rings is 1. The largest absolute Gasteiger partial charge is 0.465 e. The van der Waals surface area contributed by atoms with Crippen molar-refractivity contribution in [2.75, 3.05) is 7.11 Å². The van der Waals surface area contributed by atoms with Crippen LogP contribution in [0.2, 0.25) is 0 Å². The number of nitrogens with zero attached hydrogens (tertiary/aromatic N) is 1. The van der Waals surface area contributed by atoms with Crippen LogP contribution in [0.3, 0.4) is 0 Å². The molecular weight excluding hydrogens is 501 g/mol. The average Bonchev–Trinajstić information content (AvgIpc) is 3.32. The Morgan fingerprint density at radius 1 is 0.842 bits per heavy atom. The van der Waals surface area contributed by atoms with Crippen LogP contribution in [-0.4, -0.2) is 46.2 Å². The lowest BCUT2D eigenvalue weighted by Gasteiger charge is -2.51. The molecule has 0 atom stereocenters. The summed E-state index contributed by atoms with van der Waals surface area (Å²) < 4.78 is 11.4. The maximum absolute atomic E-state index is 14.1. The van der Waals surface area contributed by atoms with Crippen LogP contribution in [0.4, 0.5) is 5.69 Å². The summed E-state index contributed by atoms with van der Waals surface area (Å²) in [7, 11) is 1.37. The van der Waals surface area contributed by atoms with Gasteiger partial charge in [-0.1, -0.05) is 64.7 Å². The summed E-state index contributed by atoms with van der Waals surface area (Å²) in [5.41, 5.74) is 2.10. The molecule has 0 spiro atoms. The van der Waals surface area contributed by atoms with Crippen LogP contribution < -0.4 is 0 Å². The summed E-state index contributed by atoms with van der Waals surface area (Å²) in [5.74, 6) is -0.668. The Labute approximate surface area is 225 Å². The first-order chi connectivity index (χ1) is 18.5. The zero-order chi connectivity index (χ0) is 26.7. The van der Waals surface area contributed by atoms with Crippen LogP contribution in [0.1, 0.15) is 102 Å². The van der Waals surface area contributed by atoms with Gasteiger partial charge in [0, 0.05) is 17.7 Å². The van der Waals surface area contributed by atoms with E-state index in [1.807, 2.05) is 0 Å². The molecule has 8 heteroatoms. The van der Waals surface area contributed by atoms with Crippen LogP contribution in [0, 0.1) is 10.1 Å². The van der Waals surface area contributed by atoms with Crippen LogP contribution in [0.5, 0.6) is 0 Å². The topological polar surface area (TPSA) is 95.7 Å². The lowest BCUT2D eigenvalue weighted by molar-refractivity contribution is -0.384. The lowest BCUT2D eigenvalue weighted by Crippen LogP contribution is -2.37. The van der Waals surface area contributed by atoms with Gasteiger partial charge in [-0.25, -0.2) is 9.59 Å². The van der Waals surface area contributed by atoms with Gasteiger partial charge in [0.2, 0.25) is 0 Å². The van der Waals surface area contributed by atoms with E-state index < -0.39 is 17.8 Å². The molecule has 1 aromatic rings. The molecule has 1 aromatic carbocycles. The molecule has 1 aliphatic heterocycles. The van der Waals surface area contributed by atoms with Gasteiger partial charge in [0.15, 0.2) is 5.76 Å². The van der Waals surface area contributed by atoms with Crippen LogP contribution in [-0.2, 0) is 19.1 Å². The van der Waals surface area contributed by atoms with Crippen molar-refractivity contribution in [2.24, 2.45) is 0 Å². The standard InChI is InChI=1S/C30H40NO6P/c1-36-29(32)26-27(21-17-19-22(20-18-21)31(34)35)37-30(33)28(26)38(23-11-5-2-6-12-23,24-13-7-3-8-14-24)25-15-9-4-10-16-25/h17-20,23-25H,2-16H2,1H3. The number of carbonyl (C=O) groups is 2. The van der Waals surface area contributed by atoms with E-state index in [1.54, 1.807) is 12.1 Å². The average molecular weight is 542 g/mol. The van der Waals surface area contributed by atoms with Crippen molar-refractivity contribution in [3.8, 4) is 0 Å². The Hall–Kier alpha value is -2.40. The Morgan fingerprint density at radius 3 is 1.68 bits per heavy atom. The van der Waals surface area contributed by atoms with E-state index in [2.05, 4.69) is 0 Å². The fraction of sp³-hybridized carbons (Fsp3) is 0.633. The van der Waals surface area contributed by atoms with Crippen LogP contribution >= 0.6 is 6.89 Å². The van der Waals surface area contributed by atoms with Gasteiger partial charge in [0.1, 0.15) is 5.57 Å². The highest BCUT2D eigenvalue weighted by Crippen LogP contribution is 2.71. The molecule has 5 rings (SSSR count). The van der Waals surface area contributed by atoms with E-state index in [0.29, 0.717) is 33.4 Å². The number of carbonyl (C=O) groups excluding carboxylic acids is 2. The van der Waals surface area contributed by atoms with Crippen molar-refractivity contribution in [2.45, 2.75) is 113 Å². The first-order valence-corrected chi connectivity index (χ1v) is 16.5. The SMILES string of the molecule is COC(=O)C1=C(c2ccc([N+](=O)[O-])cc2)OC(=O)C1=P(C1CCCCC1)(C1CCCCC1)C1CCCCC1. The highest BCUT2D eigenvalue weighted by Gasteiger charge is 2.51. The molecule has 0 bridgehead atoms. The number of non-ortho nitro benzene ring substituents is 1. The van der Waals surface area contributed by atoms with Crippen molar-refractivity contribution < 1.29 is 24.0 Å². The Morgan fingerprint density at radius 2 is 1.29 bits per heavy atom. The Kier molecular flexibility index (Phi) is 8.42. The minimum Gasteiger partial charge on any atom is -0.465 e. The number of methoxy groups -OCH3 is 1. The maximum Gasteiger partial charge on any atom is 0.344 e. The Balaban J connectivity index is 1.81. The van der Waals surface area contributed by atoms with Crippen LogP contribution in [0.15, 0.2) is 29.8 Å². The second kappa shape index (κ2) is 11.8. The second-order valence-corrected chi connectivity index (χ2v) is 15.8. The normalized spacial score (nSPS) is 22.4. The molecule has 0 N–H and O–H groups in total. The molecule has 3 aliphatic carbocycles. The van der Waals surface area contributed by atoms with Crippen LogP contribution in [0.25, 0.3) is 5.76 Å². The van der Waals surface area contributed by atoms with E-state index in [9.17, 15) is 19.7 Å². The first kappa shape index (κ1) is 27.2. The molecule has 3 fully saturated rings. The molecule has 0 amide bonds. The second-order valence-electron chi connectivity index (χ2n) is 11.4. The van der Waals surface area contributed by atoms with Crippen molar-refractivity contribution in [3.05, 3.63) is 45.5 Å². The number of hydrogen-bond donors (Lipinski definition) is 0. The summed E-state index contributed by atoms with van der Waals surface area (Å²) in [4.78, 5) is 38.5. The van der Waals surface area contributed by atoms with Gasteiger partial charge in [-0.15, -0.1) is 0 Å². The smallest absolute Gasteiger partial charge is 0.344 e. The monoisotopic (exact) mass is 541 g/mol. The van der Waals surface area contributed by atoms with E-state index >= 15 is 0 Å². The molecule has 7 nitrogen and oxygen atoms in total. The highest BCUT2D eigenvalue weighted by atomic mass is 31.2. The van der Waals surface area contributed by atoms with E-state index in [1.165, 1.54) is 77.0 Å². The number of nitro benzene ring substituents is 1. The van der Waals surface area contributed by atoms with Crippen molar-refractivity contribution in [3.63, 3.8) is 0 Å². The fourth-order valence-corrected chi connectivity index (χ4v) is 15.4. The minimum atomic E-state index is -2.16. The minimum absolute atomic E-state index is 0.0454. The van der Waals surface area contributed by atoms with Crippen molar-refractivity contribution in [1.82, 2.24) is 0 Å². The number of ether oxygens (including phenoxy) is 2. The van der Waals surface area contributed by atoms with E-state index in [-0.39, 0.29) is 17.4 Å². The molecule has 3 saturated carbocycles. The van der Waals surface area contributed by atoms with Gasteiger partial charge in [-0.2, -0.15) is 0 Å². The maximum atomic E-state index is 14.1. The predicted molar refractivity (Wildman–Crippen MR) is 151 cm³/mol. The van der Waals surface area contributed by atoms with E-state index in [4.69, 9.17) is 9.47 Å².